The Morgan fingerprint density at radius 3 is 2.67 bits per heavy atom. The molecule has 0 saturated carbocycles. The van der Waals surface area contributed by atoms with Crippen molar-refractivity contribution < 1.29 is 4.74 Å². The van der Waals surface area contributed by atoms with Gasteiger partial charge in [0, 0.05) is 24.3 Å². The van der Waals surface area contributed by atoms with Crippen LogP contribution in [0.2, 0.25) is 5.02 Å². The van der Waals surface area contributed by atoms with Crippen LogP contribution >= 0.6 is 11.6 Å². The summed E-state index contributed by atoms with van der Waals surface area (Å²) < 4.78 is 5.41. The average Bonchev–Trinajstić information content (AvgIpc) is 2.93. The molecule has 2 heterocycles. The third-order valence-electron chi connectivity index (χ3n) is 4.15. The van der Waals surface area contributed by atoms with Gasteiger partial charge in [-0.15, -0.1) is 0 Å². The van der Waals surface area contributed by atoms with Gasteiger partial charge in [0.2, 0.25) is 0 Å². The van der Waals surface area contributed by atoms with Crippen molar-refractivity contribution in [2.45, 2.75) is 37.6 Å². The third-order valence-corrected chi connectivity index (χ3v) is 4.48. The molecule has 2 fully saturated rings. The van der Waals surface area contributed by atoms with Crippen LogP contribution < -0.4 is 5.32 Å². The SMILES string of the molecule is Clc1cc(C2CCCN2)ccc1C1CCOCC1. The summed E-state index contributed by atoms with van der Waals surface area (Å²) in [6.45, 7) is 2.86. The molecule has 0 amide bonds. The van der Waals surface area contributed by atoms with Crippen molar-refractivity contribution in [1.82, 2.24) is 5.32 Å². The maximum absolute atomic E-state index is 6.47. The van der Waals surface area contributed by atoms with Crippen LogP contribution in [-0.2, 0) is 4.74 Å². The number of rotatable bonds is 2. The highest BCUT2D eigenvalue weighted by atomic mass is 35.5. The van der Waals surface area contributed by atoms with Crippen molar-refractivity contribution in [3.8, 4) is 0 Å². The number of benzene rings is 1. The van der Waals surface area contributed by atoms with Crippen LogP contribution in [-0.4, -0.2) is 19.8 Å². The normalized spacial score (nSPS) is 25.5. The lowest BCUT2D eigenvalue weighted by Crippen LogP contribution is -2.15. The Balaban J connectivity index is 1.79. The van der Waals surface area contributed by atoms with E-state index >= 15 is 0 Å². The number of nitrogens with one attached hydrogen (secondary N) is 1. The molecule has 2 aliphatic rings. The number of hydrogen-bond donors (Lipinski definition) is 1. The highest BCUT2D eigenvalue weighted by Crippen LogP contribution is 2.34. The second kappa shape index (κ2) is 5.60. The molecule has 3 rings (SSSR count). The van der Waals surface area contributed by atoms with E-state index in [1.165, 1.54) is 24.0 Å². The Bertz CT molecular complexity index is 409. The van der Waals surface area contributed by atoms with Gasteiger partial charge in [0.25, 0.3) is 0 Å². The molecule has 1 aromatic rings. The molecule has 1 atom stereocenters. The van der Waals surface area contributed by atoms with Crippen molar-refractivity contribution in [2.24, 2.45) is 0 Å². The van der Waals surface area contributed by atoms with Crippen LogP contribution in [0.3, 0.4) is 0 Å². The van der Waals surface area contributed by atoms with Crippen LogP contribution in [0, 0.1) is 0 Å². The summed E-state index contributed by atoms with van der Waals surface area (Å²) in [6.07, 6.45) is 4.69. The molecule has 2 saturated heterocycles. The molecule has 1 aromatic carbocycles. The Morgan fingerprint density at radius 1 is 1.17 bits per heavy atom. The fourth-order valence-electron chi connectivity index (χ4n) is 3.07. The van der Waals surface area contributed by atoms with Crippen molar-refractivity contribution in [1.29, 1.82) is 0 Å². The van der Waals surface area contributed by atoms with E-state index in [4.69, 9.17) is 16.3 Å². The summed E-state index contributed by atoms with van der Waals surface area (Å²) in [5, 5.41) is 4.46. The van der Waals surface area contributed by atoms with E-state index in [0.29, 0.717) is 12.0 Å². The van der Waals surface area contributed by atoms with Crippen molar-refractivity contribution in [2.75, 3.05) is 19.8 Å². The first kappa shape index (κ1) is 12.5. The lowest BCUT2D eigenvalue weighted by Gasteiger charge is -2.24. The highest BCUT2D eigenvalue weighted by Gasteiger charge is 2.21. The second-order valence-electron chi connectivity index (χ2n) is 5.32. The van der Waals surface area contributed by atoms with Gasteiger partial charge in [-0.2, -0.15) is 0 Å². The van der Waals surface area contributed by atoms with E-state index in [9.17, 15) is 0 Å². The lowest BCUT2D eigenvalue weighted by atomic mass is 9.90. The highest BCUT2D eigenvalue weighted by molar-refractivity contribution is 6.31. The Labute approximate surface area is 114 Å². The van der Waals surface area contributed by atoms with E-state index in [2.05, 4.69) is 23.5 Å². The summed E-state index contributed by atoms with van der Waals surface area (Å²) >= 11 is 6.47. The Morgan fingerprint density at radius 2 is 2.00 bits per heavy atom. The maximum atomic E-state index is 6.47. The zero-order valence-corrected chi connectivity index (χ0v) is 11.4. The molecular weight excluding hydrogens is 246 g/mol. The Kier molecular flexibility index (Phi) is 3.88. The van der Waals surface area contributed by atoms with Crippen molar-refractivity contribution in [3.63, 3.8) is 0 Å². The van der Waals surface area contributed by atoms with Crippen LogP contribution in [0.5, 0.6) is 0 Å². The second-order valence-corrected chi connectivity index (χ2v) is 5.72. The average molecular weight is 266 g/mol. The largest absolute Gasteiger partial charge is 0.381 e. The standard InChI is InChI=1S/C15H20ClNO/c16-14-10-12(15-2-1-7-17-15)3-4-13(14)11-5-8-18-9-6-11/h3-4,10-11,15,17H,1-2,5-9H2. The van der Waals surface area contributed by atoms with Gasteiger partial charge in [-0.25, -0.2) is 0 Å². The summed E-state index contributed by atoms with van der Waals surface area (Å²) in [7, 11) is 0. The van der Waals surface area contributed by atoms with Crippen LogP contribution in [0.1, 0.15) is 48.8 Å². The molecule has 1 unspecified atom stereocenters. The fraction of sp³-hybridized carbons (Fsp3) is 0.600. The molecular formula is C15H20ClNO. The van der Waals surface area contributed by atoms with Crippen molar-refractivity contribution >= 4 is 11.6 Å². The van der Waals surface area contributed by atoms with Crippen LogP contribution in [0.4, 0.5) is 0 Å². The molecule has 0 bridgehead atoms. The van der Waals surface area contributed by atoms with Gasteiger partial charge in [-0.3, -0.25) is 0 Å². The summed E-state index contributed by atoms with van der Waals surface area (Å²) in [4.78, 5) is 0. The molecule has 0 spiro atoms. The summed E-state index contributed by atoms with van der Waals surface area (Å²) in [6, 6.07) is 7.15. The molecule has 0 radical (unpaired) electrons. The van der Waals surface area contributed by atoms with E-state index < -0.39 is 0 Å². The predicted octanol–water partition coefficient (Wildman–Crippen LogP) is 3.66. The zero-order chi connectivity index (χ0) is 12.4. The zero-order valence-electron chi connectivity index (χ0n) is 10.6. The topological polar surface area (TPSA) is 21.3 Å². The molecule has 98 valence electrons. The maximum Gasteiger partial charge on any atom is 0.0471 e. The van der Waals surface area contributed by atoms with Crippen molar-refractivity contribution in [3.05, 3.63) is 34.3 Å². The molecule has 0 aromatic heterocycles. The van der Waals surface area contributed by atoms with E-state index in [-0.39, 0.29) is 0 Å². The van der Waals surface area contributed by atoms with Gasteiger partial charge >= 0.3 is 0 Å². The lowest BCUT2D eigenvalue weighted by molar-refractivity contribution is 0.0853. The number of hydrogen-bond acceptors (Lipinski definition) is 2. The third kappa shape index (κ3) is 2.56. The quantitative estimate of drug-likeness (QED) is 0.881. The van der Waals surface area contributed by atoms with Gasteiger partial charge in [-0.05, 0) is 55.3 Å². The molecule has 2 aliphatic heterocycles. The predicted molar refractivity (Wildman–Crippen MR) is 74.2 cm³/mol. The van der Waals surface area contributed by atoms with E-state index in [1.54, 1.807) is 0 Å². The number of ether oxygens (including phenoxy) is 1. The van der Waals surface area contributed by atoms with Gasteiger partial charge in [0.05, 0.1) is 0 Å². The van der Waals surface area contributed by atoms with Gasteiger partial charge in [0.15, 0.2) is 0 Å². The van der Waals surface area contributed by atoms with E-state index in [1.807, 2.05) is 0 Å². The molecule has 1 N–H and O–H groups in total. The Hall–Kier alpha value is -0.570. The minimum atomic E-state index is 0.506. The van der Waals surface area contributed by atoms with E-state index in [0.717, 1.165) is 37.6 Å². The molecule has 3 heteroatoms. The van der Waals surface area contributed by atoms with Crippen LogP contribution in [0.25, 0.3) is 0 Å². The summed E-state index contributed by atoms with van der Waals surface area (Å²) in [5.74, 6) is 0.580. The first-order valence-corrected chi connectivity index (χ1v) is 7.33. The first-order chi connectivity index (χ1) is 8.84. The van der Waals surface area contributed by atoms with Gasteiger partial charge in [-0.1, -0.05) is 23.7 Å². The minimum absolute atomic E-state index is 0.506. The molecule has 0 aliphatic carbocycles. The van der Waals surface area contributed by atoms with Gasteiger partial charge in [0.1, 0.15) is 0 Å². The smallest absolute Gasteiger partial charge is 0.0471 e. The molecule has 2 nitrogen and oxygen atoms in total. The van der Waals surface area contributed by atoms with Crippen LogP contribution in [0.15, 0.2) is 18.2 Å². The monoisotopic (exact) mass is 265 g/mol. The summed E-state index contributed by atoms with van der Waals surface area (Å²) in [5.41, 5.74) is 2.65. The van der Waals surface area contributed by atoms with Gasteiger partial charge < -0.3 is 10.1 Å². The molecule has 18 heavy (non-hydrogen) atoms. The fourth-order valence-corrected chi connectivity index (χ4v) is 3.41. The number of halogens is 1. The minimum Gasteiger partial charge on any atom is -0.381 e. The first-order valence-electron chi connectivity index (χ1n) is 6.95.